The highest BCUT2D eigenvalue weighted by Crippen LogP contribution is 2.38. The number of rotatable bonds is 3. The fourth-order valence-electron chi connectivity index (χ4n) is 2.16. The maximum absolute atomic E-state index is 6.26. The van der Waals surface area contributed by atoms with Crippen LogP contribution in [0.2, 0.25) is 5.02 Å². The number of hydrogen-bond donors (Lipinski definition) is 1. The minimum Gasteiger partial charge on any atom is -0.309 e. The van der Waals surface area contributed by atoms with Crippen molar-refractivity contribution in [2.45, 2.75) is 6.04 Å². The Bertz CT molecular complexity index is 671. The number of fused-ring (bicyclic) bond motifs is 1. The van der Waals surface area contributed by atoms with Gasteiger partial charge in [0.15, 0.2) is 0 Å². The summed E-state index contributed by atoms with van der Waals surface area (Å²) in [6, 6.07) is 10.6. The van der Waals surface area contributed by atoms with Gasteiger partial charge in [0, 0.05) is 9.58 Å². The maximum atomic E-state index is 6.26. The zero-order valence-electron chi connectivity index (χ0n) is 9.81. The molecule has 0 aliphatic heterocycles. The molecule has 0 radical (unpaired) electrons. The zero-order valence-corrected chi connectivity index (χ0v) is 12.2. The van der Waals surface area contributed by atoms with Gasteiger partial charge >= 0.3 is 0 Å². The highest BCUT2D eigenvalue weighted by atomic mass is 35.5. The van der Waals surface area contributed by atoms with Crippen molar-refractivity contribution in [3.63, 3.8) is 0 Å². The van der Waals surface area contributed by atoms with Crippen LogP contribution in [0.4, 0.5) is 0 Å². The van der Waals surface area contributed by atoms with Crippen LogP contribution in [0.5, 0.6) is 0 Å². The summed E-state index contributed by atoms with van der Waals surface area (Å²) in [7, 11) is 1.98. The molecule has 18 heavy (non-hydrogen) atoms. The lowest BCUT2D eigenvalue weighted by Crippen LogP contribution is -2.16. The van der Waals surface area contributed by atoms with E-state index in [9.17, 15) is 0 Å². The lowest BCUT2D eigenvalue weighted by atomic mass is 10.0. The van der Waals surface area contributed by atoms with E-state index in [-0.39, 0.29) is 6.04 Å². The molecule has 0 aliphatic carbocycles. The van der Waals surface area contributed by atoms with Gasteiger partial charge in [-0.05, 0) is 40.9 Å². The molecule has 1 nitrogen and oxygen atoms in total. The van der Waals surface area contributed by atoms with Crippen LogP contribution in [-0.4, -0.2) is 7.05 Å². The van der Waals surface area contributed by atoms with E-state index in [4.69, 9.17) is 11.6 Å². The minimum atomic E-state index is 0.175. The van der Waals surface area contributed by atoms with E-state index in [1.807, 2.05) is 18.5 Å². The SMILES string of the molecule is CNC(c1sccc1Cl)c1csc2ccccc12. The van der Waals surface area contributed by atoms with Crippen molar-refractivity contribution in [3.05, 3.63) is 56.6 Å². The van der Waals surface area contributed by atoms with E-state index in [0.29, 0.717) is 0 Å². The summed E-state index contributed by atoms with van der Waals surface area (Å²) in [4.78, 5) is 1.18. The Kier molecular flexibility index (Phi) is 3.39. The normalized spacial score (nSPS) is 13.0. The van der Waals surface area contributed by atoms with Crippen LogP contribution in [0.15, 0.2) is 41.1 Å². The van der Waals surface area contributed by atoms with Crippen LogP contribution < -0.4 is 5.32 Å². The second kappa shape index (κ2) is 5.02. The lowest BCUT2D eigenvalue weighted by molar-refractivity contribution is 0.711. The van der Waals surface area contributed by atoms with Gasteiger partial charge < -0.3 is 5.32 Å². The average Bonchev–Trinajstić information content (AvgIpc) is 2.99. The fraction of sp³-hybridized carbons (Fsp3) is 0.143. The van der Waals surface area contributed by atoms with Crippen LogP contribution in [0.3, 0.4) is 0 Å². The third kappa shape index (κ3) is 1.97. The van der Waals surface area contributed by atoms with Gasteiger partial charge in [-0.1, -0.05) is 29.8 Å². The van der Waals surface area contributed by atoms with Gasteiger partial charge in [0.2, 0.25) is 0 Å². The topological polar surface area (TPSA) is 12.0 Å². The maximum Gasteiger partial charge on any atom is 0.0697 e. The van der Waals surface area contributed by atoms with E-state index in [2.05, 4.69) is 35.0 Å². The first kappa shape index (κ1) is 12.2. The molecule has 2 heterocycles. The average molecular weight is 294 g/mol. The first-order valence-corrected chi connectivity index (χ1v) is 7.81. The van der Waals surface area contributed by atoms with Gasteiger partial charge in [-0.15, -0.1) is 22.7 Å². The summed E-state index contributed by atoms with van der Waals surface area (Å²) < 4.78 is 1.32. The molecule has 3 rings (SSSR count). The first-order valence-electron chi connectivity index (χ1n) is 5.67. The summed E-state index contributed by atoms with van der Waals surface area (Å²) in [6.45, 7) is 0. The van der Waals surface area contributed by atoms with Gasteiger partial charge in [-0.2, -0.15) is 0 Å². The molecular weight excluding hydrogens is 282 g/mol. The van der Waals surface area contributed by atoms with Crippen LogP contribution in [0.25, 0.3) is 10.1 Å². The first-order chi connectivity index (χ1) is 8.81. The molecule has 0 aliphatic rings. The molecule has 1 aromatic carbocycles. The molecule has 0 spiro atoms. The highest BCUT2D eigenvalue weighted by molar-refractivity contribution is 7.17. The second-order valence-corrected chi connectivity index (χ2v) is 6.31. The van der Waals surface area contributed by atoms with E-state index >= 15 is 0 Å². The van der Waals surface area contributed by atoms with Crippen LogP contribution in [0, 0.1) is 0 Å². The third-order valence-corrected chi connectivity index (χ3v) is 5.42. The zero-order chi connectivity index (χ0) is 12.5. The predicted octanol–water partition coefficient (Wildman–Crippen LogP) is 4.93. The van der Waals surface area contributed by atoms with Gasteiger partial charge in [0.1, 0.15) is 0 Å². The van der Waals surface area contributed by atoms with Crippen molar-refractivity contribution in [3.8, 4) is 0 Å². The van der Waals surface area contributed by atoms with Gasteiger partial charge in [-0.3, -0.25) is 0 Å². The number of benzene rings is 1. The Morgan fingerprint density at radius 1 is 1.17 bits per heavy atom. The van der Waals surface area contributed by atoms with E-state index in [0.717, 1.165) is 5.02 Å². The van der Waals surface area contributed by atoms with E-state index in [1.165, 1.54) is 20.5 Å². The van der Waals surface area contributed by atoms with Gasteiger partial charge in [-0.25, -0.2) is 0 Å². The summed E-state index contributed by atoms with van der Waals surface area (Å²) in [6.07, 6.45) is 0. The van der Waals surface area contributed by atoms with Crippen molar-refractivity contribution in [2.24, 2.45) is 0 Å². The molecule has 1 atom stereocenters. The van der Waals surface area contributed by atoms with Crippen molar-refractivity contribution < 1.29 is 0 Å². The van der Waals surface area contributed by atoms with Crippen molar-refractivity contribution in [2.75, 3.05) is 7.05 Å². The smallest absolute Gasteiger partial charge is 0.0697 e. The molecular formula is C14H12ClNS2. The second-order valence-electron chi connectivity index (χ2n) is 4.04. The molecule has 2 aromatic heterocycles. The molecule has 92 valence electrons. The van der Waals surface area contributed by atoms with Crippen molar-refractivity contribution in [1.82, 2.24) is 5.32 Å². The molecule has 4 heteroatoms. The summed E-state index contributed by atoms with van der Waals surface area (Å²) in [5.74, 6) is 0. The monoisotopic (exact) mass is 293 g/mol. The quantitative estimate of drug-likeness (QED) is 0.722. The number of hydrogen-bond acceptors (Lipinski definition) is 3. The number of nitrogens with one attached hydrogen (secondary N) is 1. The summed E-state index contributed by atoms with van der Waals surface area (Å²) in [5.41, 5.74) is 1.31. The molecule has 0 bridgehead atoms. The molecule has 0 fully saturated rings. The Morgan fingerprint density at radius 3 is 2.72 bits per heavy atom. The number of thiophene rings is 2. The highest BCUT2D eigenvalue weighted by Gasteiger charge is 2.19. The van der Waals surface area contributed by atoms with Gasteiger partial charge in [0.05, 0.1) is 11.1 Å². The van der Waals surface area contributed by atoms with Crippen molar-refractivity contribution >= 4 is 44.4 Å². The predicted molar refractivity (Wildman–Crippen MR) is 82.1 cm³/mol. The van der Waals surface area contributed by atoms with Crippen molar-refractivity contribution in [1.29, 1.82) is 0 Å². The van der Waals surface area contributed by atoms with Crippen LogP contribution in [0.1, 0.15) is 16.5 Å². The molecule has 0 saturated carbocycles. The summed E-state index contributed by atoms with van der Waals surface area (Å²) >= 11 is 9.74. The van der Waals surface area contributed by atoms with E-state index < -0.39 is 0 Å². The minimum absolute atomic E-state index is 0.175. The Morgan fingerprint density at radius 2 is 2.00 bits per heavy atom. The molecule has 0 saturated heterocycles. The molecule has 1 unspecified atom stereocenters. The Hall–Kier alpha value is -0.870. The fourth-order valence-corrected chi connectivity index (χ4v) is 4.44. The molecule has 1 N–H and O–H groups in total. The standard InChI is InChI=1S/C14H12ClNS2/c1-16-13(14-11(15)6-7-17-14)10-8-18-12-5-3-2-4-9(10)12/h2-8,13,16H,1H3. The summed E-state index contributed by atoms with van der Waals surface area (Å²) in [5, 5.41) is 9.79. The third-order valence-electron chi connectivity index (χ3n) is 3.02. The number of halogens is 1. The van der Waals surface area contributed by atoms with Crippen LogP contribution >= 0.6 is 34.3 Å². The Labute approximate surface area is 119 Å². The largest absolute Gasteiger partial charge is 0.309 e. The lowest BCUT2D eigenvalue weighted by Gasteiger charge is -2.14. The molecule has 3 aromatic rings. The van der Waals surface area contributed by atoms with Crippen LogP contribution in [-0.2, 0) is 0 Å². The molecule has 0 amide bonds. The Balaban J connectivity index is 2.15. The van der Waals surface area contributed by atoms with Gasteiger partial charge in [0.25, 0.3) is 0 Å². The van der Waals surface area contributed by atoms with E-state index in [1.54, 1.807) is 22.7 Å².